The molecule has 1 saturated heterocycles. The van der Waals surface area contributed by atoms with Crippen LogP contribution in [0.25, 0.3) is 32.0 Å². The number of carbonyl (C=O) groups is 1. The summed E-state index contributed by atoms with van der Waals surface area (Å²) in [6.07, 6.45) is 1.07. The summed E-state index contributed by atoms with van der Waals surface area (Å²) < 4.78 is 54.2. The number of halogens is 3. The summed E-state index contributed by atoms with van der Waals surface area (Å²) in [6.45, 7) is 0.576. The fourth-order valence-corrected chi connectivity index (χ4v) is 9.14. The van der Waals surface area contributed by atoms with E-state index in [1.54, 1.807) is 25.3 Å². The second-order valence-corrected chi connectivity index (χ2v) is 14.3. The van der Waals surface area contributed by atoms with E-state index in [0.717, 1.165) is 48.1 Å². The van der Waals surface area contributed by atoms with Gasteiger partial charge in [0.1, 0.15) is 23.1 Å². The summed E-state index contributed by atoms with van der Waals surface area (Å²) in [5, 5.41) is 10.5. The van der Waals surface area contributed by atoms with E-state index in [2.05, 4.69) is 20.5 Å². The molecule has 4 aromatic heterocycles. The number of nitrogens with one attached hydrogen (secondary N) is 2. The number of carbonyl (C=O) groups excluding carboxylic acids is 1. The first-order valence-corrected chi connectivity index (χ1v) is 17.9. The molecule has 0 bridgehead atoms. The third-order valence-corrected chi connectivity index (χ3v) is 11.5. The van der Waals surface area contributed by atoms with Gasteiger partial charge in [0.05, 0.1) is 46.4 Å². The van der Waals surface area contributed by atoms with Crippen molar-refractivity contribution in [2.45, 2.75) is 57.0 Å². The highest BCUT2D eigenvalue weighted by Crippen LogP contribution is 2.51. The molecule has 2 aromatic carbocycles. The lowest BCUT2D eigenvalue weighted by Gasteiger charge is -2.17. The molecule has 0 saturated carbocycles. The van der Waals surface area contributed by atoms with Crippen LogP contribution in [0.15, 0.2) is 63.8 Å². The van der Waals surface area contributed by atoms with Crippen molar-refractivity contribution < 1.29 is 27.1 Å². The number of rotatable bonds is 9. The molecule has 2 atom stereocenters. The number of aromatic amines is 1. The zero-order valence-electron chi connectivity index (χ0n) is 27.8. The van der Waals surface area contributed by atoms with Gasteiger partial charge in [0.2, 0.25) is 0 Å². The minimum atomic E-state index is -2.82. The normalized spacial score (nSPS) is 17.6. The first-order valence-electron chi connectivity index (χ1n) is 17.1. The number of anilines is 1. The van der Waals surface area contributed by atoms with Crippen molar-refractivity contribution in [1.29, 1.82) is 0 Å². The Morgan fingerprint density at radius 2 is 1.90 bits per heavy atom. The fourth-order valence-electron chi connectivity index (χ4n) is 7.99. The molecule has 1 fully saturated rings. The van der Waals surface area contributed by atoms with Gasteiger partial charge in [-0.05, 0) is 90.9 Å². The van der Waals surface area contributed by atoms with Crippen molar-refractivity contribution >= 4 is 33.1 Å². The molecule has 0 spiro atoms. The maximum Gasteiger partial charge on any atom is 0.434 e. The summed E-state index contributed by atoms with van der Waals surface area (Å²) in [6, 6.07) is 14.8. The van der Waals surface area contributed by atoms with Crippen LogP contribution in [0.5, 0.6) is 5.75 Å². The molecule has 0 unspecified atom stereocenters. The van der Waals surface area contributed by atoms with Gasteiger partial charge in [-0.2, -0.15) is 0 Å². The monoisotopic (exact) mass is 724 g/mol. The molecule has 6 aromatic rings. The second-order valence-electron chi connectivity index (χ2n) is 13.3. The average Bonchev–Trinajstić information content (AvgIpc) is 3.98. The Hall–Kier alpha value is -5.50. The van der Waals surface area contributed by atoms with Crippen molar-refractivity contribution in [3.8, 4) is 27.6 Å². The minimum absolute atomic E-state index is 0.0389. The molecule has 1 amide bonds. The van der Waals surface area contributed by atoms with Gasteiger partial charge in [-0.15, -0.1) is 16.4 Å². The summed E-state index contributed by atoms with van der Waals surface area (Å²) in [5.41, 5.74) is 5.00. The van der Waals surface area contributed by atoms with Gasteiger partial charge in [0, 0.05) is 17.0 Å². The van der Waals surface area contributed by atoms with Gasteiger partial charge in [-0.25, -0.2) is 28.0 Å². The van der Waals surface area contributed by atoms with E-state index < -0.39 is 12.2 Å². The van der Waals surface area contributed by atoms with Crippen LogP contribution in [0.4, 0.5) is 19.0 Å². The lowest BCUT2D eigenvalue weighted by Crippen LogP contribution is -2.22. The third kappa shape index (κ3) is 5.35. The molecule has 264 valence electrons. The number of amides is 1. The smallest absolute Gasteiger partial charge is 0.434 e. The quantitative estimate of drug-likeness (QED) is 0.154. The molecular weight excluding hydrogens is 694 g/mol. The van der Waals surface area contributed by atoms with Gasteiger partial charge >= 0.3 is 5.76 Å². The molecule has 2 aliphatic heterocycles. The van der Waals surface area contributed by atoms with Gasteiger partial charge in [0.15, 0.2) is 0 Å². The lowest BCUT2D eigenvalue weighted by atomic mass is 9.93. The maximum absolute atomic E-state index is 14.4. The number of pyridine rings is 2. The van der Waals surface area contributed by atoms with Crippen LogP contribution in [0.1, 0.15) is 81.9 Å². The predicted octanol–water partition coefficient (Wildman–Crippen LogP) is 7.96. The van der Waals surface area contributed by atoms with E-state index in [4.69, 9.17) is 14.1 Å². The van der Waals surface area contributed by atoms with Crippen molar-refractivity contribution in [2.24, 2.45) is 0 Å². The van der Waals surface area contributed by atoms with Gasteiger partial charge in [0.25, 0.3) is 18.2 Å². The van der Waals surface area contributed by atoms with E-state index in [0.29, 0.717) is 68.2 Å². The van der Waals surface area contributed by atoms with Gasteiger partial charge < -0.3 is 19.4 Å². The molecule has 14 heteroatoms. The van der Waals surface area contributed by atoms with E-state index >= 15 is 0 Å². The number of hydrogen-bond acceptors (Lipinski definition) is 9. The summed E-state index contributed by atoms with van der Waals surface area (Å²) in [4.78, 5) is 38.5. The molecule has 0 radical (unpaired) electrons. The number of ether oxygens (including phenoxy) is 1. The molecular formula is C38H31F3N6O4S. The van der Waals surface area contributed by atoms with Crippen LogP contribution in [0.3, 0.4) is 0 Å². The zero-order valence-corrected chi connectivity index (χ0v) is 28.7. The molecule has 6 heterocycles. The van der Waals surface area contributed by atoms with Crippen molar-refractivity contribution in [3.63, 3.8) is 0 Å². The van der Waals surface area contributed by atoms with Gasteiger partial charge in [-0.1, -0.05) is 24.3 Å². The van der Waals surface area contributed by atoms with E-state index in [1.165, 1.54) is 29.5 Å². The number of methoxy groups -OCH3 is 1. The molecule has 9 rings (SSSR count). The molecule has 52 heavy (non-hydrogen) atoms. The number of thiophene rings is 1. The highest BCUT2D eigenvalue weighted by atomic mass is 32.1. The summed E-state index contributed by atoms with van der Waals surface area (Å²) >= 11 is 1.31. The van der Waals surface area contributed by atoms with Crippen LogP contribution >= 0.6 is 11.3 Å². The minimum Gasteiger partial charge on any atom is -0.496 e. The third-order valence-electron chi connectivity index (χ3n) is 10.3. The zero-order chi connectivity index (χ0) is 35.7. The number of fused-ring (bicyclic) bond motifs is 5. The highest BCUT2D eigenvalue weighted by Gasteiger charge is 2.45. The van der Waals surface area contributed by atoms with E-state index in [1.807, 2.05) is 23.1 Å². The number of benzene rings is 2. The Balaban J connectivity index is 1.24. The number of hydrogen-bond donors (Lipinski definition) is 2. The highest BCUT2D eigenvalue weighted by molar-refractivity contribution is 7.23. The molecule has 10 nitrogen and oxygen atoms in total. The summed E-state index contributed by atoms with van der Waals surface area (Å²) in [7, 11) is 1.63. The Morgan fingerprint density at radius 1 is 1.06 bits per heavy atom. The van der Waals surface area contributed by atoms with Crippen molar-refractivity contribution in [2.75, 3.05) is 19.0 Å². The summed E-state index contributed by atoms with van der Waals surface area (Å²) in [5.74, 6) is -0.262. The maximum atomic E-state index is 14.4. The standard InChI is InChI=1S/C38H31F3N6O4S/c1-50-27-6-2-4-21-22(27)12-14-23(21)43-35-33-19(16-25(44-35)34(40)41)17-28(52-33)30-29(36-45-46-38(49)51-36)24(13-9-18-7-10-20(39)11-8-18)42-32-26-5-3-15-47(26)37(48)31(30)32/h2,4,6-8,10-11,16-17,23,26,34H,3,5,9,12-15H2,1H3,(H,43,44)(H,46,49)/t23-,26-/m0/s1. The SMILES string of the molecule is COc1cccc2c1CC[C@@H]2Nc1nc(C(F)F)cc2cc(-c3c4c(nc(CCc5ccc(F)cc5)c3-c3n[nH]c(=O)o3)[C@@H]3CCCN3C4=O)sc12. The Morgan fingerprint density at radius 3 is 2.67 bits per heavy atom. The Bertz CT molecular complexity index is 2440. The van der Waals surface area contributed by atoms with Crippen molar-refractivity contribution in [3.05, 3.63) is 110 Å². The first kappa shape index (κ1) is 32.4. The van der Waals surface area contributed by atoms with Crippen molar-refractivity contribution in [1.82, 2.24) is 25.1 Å². The molecule has 1 aliphatic carbocycles. The van der Waals surface area contributed by atoms with Crippen LogP contribution in [0, 0.1) is 5.82 Å². The molecule has 2 N–H and O–H groups in total. The van der Waals surface area contributed by atoms with Crippen LogP contribution in [-0.4, -0.2) is 44.6 Å². The van der Waals surface area contributed by atoms with E-state index in [9.17, 15) is 22.8 Å². The number of aryl methyl sites for hydroxylation is 2. The second kappa shape index (κ2) is 12.6. The van der Waals surface area contributed by atoms with Crippen LogP contribution in [0.2, 0.25) is 0 Å². The number of alkyl halides is 2. The van der Waals surface area contributed by atoms with E-state index in [-0.39, 0.29) is 35.4 Å². The Kier molecular flexibility index (Phi) is 7.86. The number of aromatic nitrogens is 4. The van der Waals surface area contributed by atoms with Crippen LogP contribution < -0.4 is 15.8 Å². The number of H-pyrrole nitrogens is 1. The number of nitrogens with zero attached hydrogens (tertiary/aromatic N) is 4. The fraction of sp³-hybridized carbons (Fsp3) is 0.289. The first-order chi connectivity index (χ1) is 25.3. The lowest BCUT2D eigenvalue weighted by molar-refractivity contribution is 0.0776. The Labute approximate surface area is 298 Å². The predicted molar refractivity (Wildman–Crippen MR) is 188 cm³/mol. The van der Waals surface area contributed by atoms with Crippen LogP contribution in [-0.2, 0) is 19.3 Å². The van der Waals surface area contributed by atoms with Gasteiger partial charge in [-0.3, -0.25) is 9.78 Å². The topological polar surface area (TPSA) is 126 Å². The average molecular weight is 725 g/mol. The molecule has 3 aliphatic rings. The largest absolute Gasteiger partial charge is 0.496 e.